The quantitative estimate of drug-likeness (QED) is 0.602. The molecule has 6 nitrogen and oxygen atoms in total. The molecule has 0 saturated carbocycles. The fourth-order valence-corrected chi connectivity index (χ4v) is 6.75. The van der Waals surface area contributed by atoms with Crippen LogP contribution < -0.4 is 14.5 Å². The van der Waals surface area contributed by atoms with Gasteiger partial charge in [-0.3, -0.25) is 14.4 Å². The summed E-state index contributed by atoms with van der Waals surface area (Å²) in [6, 6.07) is 14.0. The van der Waals surface area contributed by atoms with E-state index in [9.17, 15) is 14.4 Å². The summed E-state index contributed by atoms with van der Waals surface area (Å²) in [5.41, 5.74) is 1.27. The second kappa shape index (κ2) is 7.30. The third-order valence-corrected chi connectivity index (χ3v) is 8.04. The number of rotatable bonds is 3. The molecule has 9 heteroatoms. The topological polar surface area (TPSA) is 79.5 Å². The Hall–Kier alpha value is -2.55. The number of fused-ring (bicyclic) bond motifs is 2. The third kappa shape index (κ3) is 2.90. The Bertz CT molecular complexity index is 1220. The lowest BCUT2D eigenvalue weighted by Gasteiger charge is -2.30. The predicted molar refractivity (Wildman–Crippen MR) is 117 cm³/mol. The van der Waals surface area contributed by atoms with Crippen LogP contribution in [0.5, 0.6) is 5.75 Å². The second-order valence-corrected chi connectivity index (χ2v) is 9.58. The average molecular weight is 459 g/mol. The molecule has 2 amide bonds. The number of amides is 2. The van der Waals surface area contributed by atoms with Crippen molar-refractivity contribution in [1.29, 1.82) is 0 Å². The number of aromatic amines is 1. The number of aromatic nitrogens is 1. The maximum absolute atomic E-state index is 13.6. The molecule has 152 valence electrons. The molecule has 3 heterocycles. The van der Waals surface area contributed by atoms with E-state index in [0.29, 0.717) is 21.5 Å². The average Bonchev–Trinajstić information content (AvgIpc) is 3.24. The SMILES string of the molecule is COc1ccccc1[C@@H]1c2sc(=O)[nH]c2S[C@H]2C(=O)N(c3ccc(Cl)cc3)C(=O)[C@@H]12. The number of hydrogen-bond acceptors (Lipinski definition) is 6. The molecule has 1 N–H and O–H groups in total. The Kier molecular flexibility index (Phi) is 4.72. The molecule has 0 unspecified atom stereocenters. The van der Waals surface area contributed by atoms with Crippen LogP contribution in [0.15, 0.2) is 58.4 Å². The number of halogens is 1. The summed E-state index contributed by atoms with van der Waals surface area (Å²) in [5.74, 6) is -1.07. The number of carbonyl (C=O) groups is 2. The number of ether oxygens (including phenoxy) is 1. The van der Waals surface area contributed by atoms with Crippen molar-refractivity contribution in [3.63, 3.8) is 0 Å². The van der Waals surface area contributed by atoms with Crippen molar-refractivity contribution >= 4 is 52.2 Å². The van der Waals surface area contributed by atoms with E-state index in [2.05, 4.69) is 4.98 Å². The normalized spacial score (nSPS) is 22.7. The summed E-state index contributed by atoms with van der Waals surface area (Å²) in [6.45, 7) is 0. The van der Waals surface area contributed by atoms with Crippen LogP contribution in [0.25, 0.3) is 0 Å². The fraction of sp³-hybridized carbons (Fsp3) is 0.190. The number of benzene rings is 2. The van der Waals surface area contributed by atoms with Gasteiger partial charge < -0.3 is 9.72 Å². The van der Waals surface area contributed by atoms with E-state index in [1.807, 2.05) is 24.3 Å². The van der Waals surface area contributed by atoms with Crippen LogP contribution in [-0.2, 0) is 9.59 Å². The molecule has 0 bridgehead atoms. The van der Waals surface area contributed by atoms with Crippen LogP contribution >= 0.6 is 34.7 Å². The number of para-hydroxylation sites is 1. The maximum atomic E-state index is 13.6. The molecule has 1 saturated heterocycles. The molecule has 2 aliphatic rings. The summed E-state index contributed by atoms with van der Waals surface area (Å²) in [5, 5.41) is 0.526. The third-order valence-electron chi connectivity index (χ3n) is 5.38. The van der Waals surface area contributed by atoms with Crippen LogP contribution in [0.1, 0.15) is 16.4 Å². The number of imide groups is 1. The molecular formula is C21H15ClN2O4S2. The standard InChI is InChI=1S/C21H15ClN2O4S2/c1-28-13-5-3-2-4-12(13)14-15-17(29-18-16(14)30-21(27)23-18)20(26)24(19(15)25)11-8-6-10(22)7-9-11/h2-9,14-15,17H,1H3,(H,23,27)/t14-,15-,17+/m0/s1. The lowest BCUT2D eigenvalue weighted by molar-refractivity contribution is -0.122. The van der Waals surface area contributed by atoms with E-state index in [0.717, 1.165) is 21.8 Å². The number of hydrogen-bond donors (Lipinski definition) is 1. The molecule has 0 spiro atoms. The smallest absolute Gasteiger partial charge is 0.305 e. The van der Waals surface area contributed by atoms with Crippen LogP contribution in [-0.4, -0.2) is 29.2 Å². The van der Waals surface area contributed by atoms with Gasteiger partial charge in [0.1, 0.15) is 11.0 Å². The summed E-state index contributed by atoms with van der Waals surface area (Å²) < 4.78 is 5.54. The van der Waals surface area contributed by atoms with Crippen molar-refractivity contribution < 1.29 is 14.3 Å². The first-order chi connectivity index (χ1) is 14.5. The van der Waals surface area contributed by atoms with Gasteiger partial charge in [0.2, 0.25) is 11.8 Å². The van der Waals surface area contributed by atoms with Crippen molar-refractivity contribution in [2.24, 2.45) is 5.92 Å². The van der Waals surface area contributed by atoms with E-state index in [1.165, 1.54) is 16.7 Å². The summed E-state index contributed by atoms with van der Waals surface area (Å²) in [7, 11) is 1.57. The number of carbonyl (C=O) groups excluding carboxylic acids is 2. The van der Waals surface area contributed by atoms with E-state index >= 15 is 0 Å². The first-order valence-electron chi connectivity index (χ1n) is 9.15. The minimum Gasteiger partial charge on any atom is -0.496 e. The van der Waals surface area contributed by atoms with Crippen molar-refractivity contribution in [3.8, 4) is 5.75 Å². The highest BCUT2D eigenvalue weighted by Crippen LogP contribution is 2.54. The van der Waals surface area contributed by atoms with Gasteiger partial charge in [-0.1, -0.05) is 52.9 Å². The van der Waals surface area contributed by atoms with Gasteiger partial charge in [0.05, 0.1) is 23.7 Å². The molecule has 1 aromatic heterocycles. The summed E-state index contributed by atoms with van der Waals surface area (Å²) in [6.07, 6.45) is 0. The molecule has 2 aliphatic heterocycles. The predicted octanol–water partition coefficient (Wildman–Crippen LogP) is 3.89. The summed E-state index contributed by atoms with van der Waals surface area (Å²) >= 11 is 8.30. The Morgan fingerprint density at radius 1 is 1.03 bits per heavy atom. The van der Waals surface area contributed by atoms with Gasteiger partial charge in [-0.05, 0) is 30.3 Å². The zero-order valence-electron chi connectivity index (χ0n) is 15.6. The molecule has 2 aromatic carbocycles. The molecule has 30 heavy (non-hydrogen) atoms. The van der Waals surface area contributed by atoms with Crippen LogP contribution in [0.4, 0.5) is 5.69 Å². The highest BCUT2D eigenvalue weighted by molar-refractivity contribution is 8.00. The van der Waals surface area contributed by atoms with E-state index in [-0.39, 0.29) is 16.7 Å². The van der Waals surface area contributed by atoms with Crippen molar-refractivity contribution in [2.45, 2.75) is 16.2 Å². The number of thiazole rings is 1. The zero-order chi connectivity index (χ0) is 21.0. The number of methoxy groups -OCH3 is 1. The first-order valence-corrected chi connectivity index (χ1v) is 11.2. The summed E-state index contributed by atoms with van der Waals surface area (Å²) in [4.78, 5) is 43.6. The van der Waals surface area contributed by atoms with Crippen molar-refractivity contribution in [3.05, 3.63) is 73.7 Å². The van der Waals surface area contributed by atoms with Gasteiger partial charge >= 0.3 is 4.87 Å². The van der Waals surface area contributed by atoms with Crippen LogP contribution in [0, 0.1) is 5.92 Å². The molecular weight excluding hydrogens is 444 g/mol. The van der Waals surface area contributed by atoms with Crippen LogP contribution in [0.3, 0.4) is 0 Å². The van der Waals surface area contributed by atoms with E-state index in [1.54, 1.807) is 31.4 Å². The van der Waals surface area contributed by atoms with E-state index < -0.39 is 17.1 Å². The first kappa shape index (κ1) is 19.4. The van der Waals surface area contributed by atoms with Crippen LogP contribution in [0.2, 0.25) is 5.02 Å². The van der Waals surface area contributed by atoms with Gasteiger partial charge in [-0.25, -0.2) is 4.90 Å². The van der Waals surface area contributed by atoms with Crippen molar-refractivity contribution in [1.82, 2.24) is 4.98 Å². The highest BCUT2D eigenvalue weighted by Gasteiger charge is 2.56. The largest absolute Gasteiger partial charge is 0.496 e. The Morgan fingerprint density at radius 3 is 2.50 bits per heavy atom. The molecule has 0 aliphatic carbocycles. The number of nitrogens with zero attached hydrogens (tertiary/aromatic N) is 1. The minimum absolute atomic E-state index is 0.207. The Morgan fingerprint density at radius 2 is 1.77 bits per heavy atom. The molecule has 1 fully saturated rings. The second-order valence-electron chi connectivity index (χ2n) is 6.98. The molecule has 0 radical (unpaired) electrons. The molecule has 3 aromatic rings. The fourth-order valence-electron chi connectivity index (χ4n) is 4.12. The Balaban J connectivity index is 1.67. The number of nitrogens with one attached hydrogen (secondary N) is 1. The van der Waals surface area contributed by atoms with Gasteiger partial charge in [0, 0.05) is 21.4 Å². The minimum atomic E-state index is -0.645. The van der Waals surface area contributed by atoms with Gasteiger partial charge in [-0.15, -0.1) is 0 Å². The van der Waals surface area contributed by atoms with E-state index in [4.69, 9.17) is 16.3 Å². The number of anilines is 1. The highest BCUT2D eigenvalue weighted by atomic mass is 35.5. The maximum Gasteiger partial charge on any atom is 0.305 e. The van der Waals surface area contributed by atoms with Crippen molar-refractivity contribution in [2.75, 3.05) is 12.0 Å². The van der Waals surface area contributed by atoms with Gasteiger partial charge in [0.15, 0.2) is 0 Å². The number of H-pyrrole nitrogens is 1. The van der Waals surface area contributed by atoms with Gasteiger partial charge in [-0.2, -0.15) is 0 Å². The monoisotopic (exact) mass is 458 g/mol. The molecule has 3 atom stereocenters. The Labute approximate surface area is 184 Å². The molecule has 5 rings (SSSR count). The lowest BCUT2D eigenvalue weighted by atomic mass is 9.82. The zero-order valence-corrected chi connectivity index (χ0v) is 18.0. The van der Waals surface area contributed by atoms with Gasteiger partial charge in [0.25, 0.3) is 0 Å². The number of thioether (sulfide) groups is 1. The lowest BCUT2D eigenvalue weighted by Crippen LogP contribution is -2.32.